The summed E-state index contributed by atoms with van der Waals surface area (Å²) in [5.74, 6) is -1.71. The molecule has 0 aromatic heterocycles. The normalized spacial score (nSPS) is 12.2. The van der Waals surface area contributed by atoms with Crippen molar-refractivity contribution in [1.82, 2.24) is 0 Å². The van der Waals surface area contributed by atoms with Crippen molar-refractivity contribution in [2.24, 2.45) is 0 Å². The second kappa shape index (κ2) is 6.49. The number of hydrogen-bond acceptors (Lipinski definition) is 1. The number of aliphatic carboxylic acids is 1. The van der Waals surface area contributed by atoms with Gasteiger partial charge in [0.15, 0.2) is 0 Å². The van der Waals surface area contributed by atoms with Gasteiger partial charge < -0.3 is 5.11 Å². The number of hydrogen-bond donors (Lipinski definition) is 1. The molecule has 1 N–H and O–H groups in total. The average molecular weight is 330 g/mol. The van der Waals surface area contributed by atoms with Gasteiger partial charge in [-0.15, -0.1) is 0 Å². The van der Waals surface area contributed by atoms with E-state index in [1.165, 1.54) is 0 Å². The summed E-state index contributed by atoms with van der Waals surface area (Å²) in [7, 11) is 0. The van der Waals surface area contributed by atoms with Crippen LogP contribution in [0.1, 0.15) is 17.0 Å². The molecule has 0 bridgehead atoms. The van der Waals surface area contributed by atoms with Crippen molar-refractivity contribution in [3.8, 4) is 0 Å². The van der Waals surface area contributed by atoms with Gasteiger partial charge in [0.05, 0.1) is 5.92 Å². The van der Waals surface area contributed by atoms with E-state index >= 15 is 0 Å². The summed E-state index contributed by atoms with van der Waals surface area (Å²) in [4.78, 5) is 11.5. The van der Waals surface area contributed by atoms with Gasteiger partial charge in [-0.1, -0.05) is 53.0 Å². The minimum Gasteiger partial charge on any atom is -0.481 e. The van der Waals surface area contributed by atoms with Crippen LogP contribution in [-0.2, 0) is 11.2 Å². The topological polar surface area (TPSA) is 37.3 Å². The fraction of sp³-hybridized carbons (Fsp3) is 0.133. The Bertz CT molecular complexity index is 641. The summed E-state index contributed by atoms with van der Waals surface area (Å²) in [5.41, 5.74) is 1.25. The fourth-order valence-electron chi connectivity index (χ4n) is 2.01. The lowest BCUT2D eigenvalue weighted by Gasteiger charge is -2.15. The van der Waals surface area contributed by atoms with E-state index in [1.54, 1.807) is 42.5 Å². The molecule has 2 aromatic carbocycles. The van der Waals surface area contributed by atoms with Gasteiger partial charge in [-0.05, 0) is 41.8 Å². The largest absolute Gasteiger partial charge is 0.481 e. The van der Waals surface area contributed by atoms with Crippen LogP contribution in [0.3, 0.4) is 0 Å². The Balaban J connectivity index is 2.38. The van der Waals surface area contributed by atoms with Gasteiger partial charge in [0, 0.05) is 15.1 Å². The first-order chi connectivity index (χ1) is 9.49. The average Bonchev–Trinajstić information content (AvgIpc) is 2.40. The number of carbonyl (C=O) groups is 1. The molecular weight excluding hydrogens is 319 g/mol. The number of carboxylic acid groups (broad SMARTS) is 1. The lowest BCUT2D eigenvalue weighted by molar-refractivity contribution is -0.138. The SMILES string of the molecule is O=C(O)C(Cc1cc(Cl)ccc1Cl)c1ccccc1Cl. The highest BCUT2D eigenvalue weighted by Gasteiger charge is 2.23. The molecule has 5 heteroatoms. The van der Waals surface area contributed by atoms with Gasteiger partial charge in [0.25, 0.3) is 0 Å². The predicted octanol–water partition coefficient (Wildman–Crippen LogP) is 5.06. The van der Waals surface area contributed by atoms with Crippen LogP contribution in [-0.4, -0.2) is 11.1 Å². The van der Waals surface area contributed by atoms with E-state index in [9.17, 15) is 9.90 Å². The Morgan fingerprint density at radius 2 is 1.75 bits per heavy atom. The molecule has 0 aliphatic heterocycles. The maximum Gasteiger partial charge on any atom is 0.311 e. The molecule has 0 fully saturated rings. The lowest BCUT2D eigenvalue weighted by atomic mass is 9.92. The highest BCUT2D eigenvalue weighted by molar-refractivity contribution is 6.33. The second-order valence-corrected chi connectivity index (χ2v) is 5.60. The fourth-order valence-corrected chi connectivity index (χ4v) is 2.66. The van der Waals surface area contributed by atoms with Crippen molar-refractivity contribution >= 4 is 40.8 Å². The standard InChI is InChI=1S/C15H11Cl3O2/c16-10-5-6-13(17)9(7-10)8-12(15(19)20)11-3-1-2-4-14(11)18/h1-7,12H,8H2,(H,19,20). The molecule has 0 amide bonds. The smallest absolute Gasteiger partial charge is 0.311 e. The third-order valence-corrected chi connectivity index (χ3v) is 3.96. The summed E-state index contributed by atoms with van der Waals surface area (Å²) in [5, 5.41) is 10.9. The summed E-state index contributed by atoms with van der Waals surface area (Å²) < 4.78 is 0. The van der Waals surface area contributed by atoms with Gasteiger partial charge in [-0.3, -0.25) is 4.79 Å². The van der Waals surface area contributed by atoms with Crippen LogP contribution in [0.25, 0.3) is 0 Å². The van der Waals surface area contributed by atoms with Crippen LogP contribution in [0.15, 0.2) is 42.5 Å². The summed E-state index contributed by atoms with van der Waals surface area (Å²) in [6.07, 6.45) is 0.235. The van der Waals surface area contributed by atoms with Crippen LogP contribution >= 0.6 is 34.8 Å². The van der Waals surface area contributed by atoms with Gasteiger partial charge in [-0.25, -0.2) is 0 Å². The molecule has 0 saturated heterocycles. The molecule has 2 nitrogen and oxygen atoms in total. The summed E-state index contributed by atoms with van der Waals surface area (Å²) >= 11 is 18.1. The first-order valence-corrected chi connectivity index (χ1v) is 7.03. The Hall–Kier alpha value is -1.22. The number of benzene rings is 2. The Morgan fingerprint density at radius 3 is 2.40 bits per heavy atom. The first-order valence-electron chi connectivity index (χ1n) is 5.90. The number of halogens is 3. The highest BCUT2D eigenvalue weighted by Crippen LogP contribution is 2.31. The van der Waals surface area contributed by atoms with Crippen LogP contribution in [0.5, 0.6) is 0 Å². The molecule has 1 atom stereocenters. The van der Waals surface area contributed by atoms with Crippen LogP contribution in [0.4, 0.5) is 0 Å². The Morgan fingerprint density at radius 1 is 1.05 bits per heavy atom. The van der Waals surface area contributed by atoms with Gasteiger partial charge in [-0.2, -0.15) is 0 Å². The van der Waals surface area contributed by atoms with E-state index in [-0.39, 0.29) is 6.42 Å². The molecule has 0 radical (unpaired) electrons. The highest BCUT2D eigenvalue weighted by atomic mass is 35.5. The van der Waals surface area contributed by atoms with Crippen molar-refractivity contribution < 1.29 is 9.90 Å². The molecule has 104 valence electrons. The Labute approximate surface area is 131 Å². The van der Waals surface area contributed by atoms with E-state index < -0.39 is 11.9 Å². The van der Waals surface area contributed by atoms with E-state index in [0.717, 1.165) is 0 Å². The number of carboxylic acids is 1. The summed E-state index contributed by atoms with van der Waals surface area (Å²) in [6.45, 7) is 0. The molecule has 20 heavy (non-hydrogen) atoms. The molecule has 0 saturated carbocycles. The summed E-state index contributed by atoms with van der Waals surface area (Å²) in [6, 6.07) is 11.9. The molecule has 0 aliphatic rings. The van der Waals surface area contributed by atoms with Crippen molar-refractivity contribution in [3.63, 3.8) is 0 Å². The number of rotatable bonds is 4. The third-order valence-electron chi connectivity index (χ3n) is 3.01. The first kappa shape index (κ1) is 15.2. The van der Waals surface area contributed by atoms with E-state index in [0.29, 0.717) is 26.2 Å². The predicted molar refractivity (Wildman–Crippen MR) is 82.0 cm³/mol. The van der Waals surface area contributed by atoms with E-state index in [1.807, 2.05) is 0 Å². The molecular formula is C15H11Cl3O2. The van der Waals surface area contributed by atoms with E-state index in [2.05, 4.69) is 0 Å². The molecule has 2 aromatic rings. The van der Waals surface area contributed by atoms with Crippen molar-refractivity contribution in [1.29, 1.82) is 0 Å². The lowest BCUT2D eigenvalue weighted by Crippen LogP contribution is -2.15. The maximum atomic E-state index is 11.5. The van der Waals surface area contributed by atoms with Crippen molar-refractivity contribution in [2.75, 3.05) is 0 Å². The van der Waals surface area contributed by atoms with Crippen LogP contribution in [0, 0.1) is 0 Å². The zero-order valence-electron chi connectivity index (χ0n) is 10.3. The minimum atomic E-state index is -0.950. The Kier molecular flexibility index (Phi) is 4.92. The van der Waals surface area contributed by atoms with Crippen molar-refractivity contribution in [3.05, 3.63) is 68.7 Å². The molecule has 1 unspecified atom stereocenters. The zero-order chi connectivity index (χ0) is 14.7. The van der Waals surface area contributed by atoms with Gasteiger partial charge in [0.1, 0.15) is 0 Å². The monoisotopic (exact) mass is 328 g/mol. The zero-order valence-corrected chi connectivity index (χ0v) is 12.6. The molecule has 0 aliphatic carbocycles. The van der Waals surface area contributed by atoms with E-state index in [4.69, 9.17) is 34.8 Å². The minimum absolute atomic E-state index is 0.235. The third kappa shape index (κ3) is 3.45. The quantitative estimate of drug-likeness (QED) is 0.851. The maximum absolute atomic E-state index is 11.5. The van der Waals surface area contributed by atoms with Crippen LogP contribution in [0.2, 0.25) is 15.1 Å². The second-order valence-electron chi connectivity index (χ2n) is 4.35. The molecule has 2 rings (SSSR count). The molecule has 0 spiro atoms. The van der Waals surface area contributed by atoms with Gasteiger partial charge in [0.2, 0.25) is 0 Å². The molecule has 0 heterocycles. The van der Waals surface area contributed by atoms with Gasteiger partial charge >= 0.3 is 5.97 Å². The van der Waals surface area contributed by atoms with Crippen molar-refractivity contribution in [2.45, 2.75) is 12.3 Å². The van der Waals surface area contributed by atoms with Crippen LogP contribution < -0.4 is 0 Å².